The summed E-state index contributed by atoms with van der Waals surface area (Å²) in [7, 11) is 0. The molecular weight excluding hydrogens is 242 g/mol. The van der Waals surface area contributed by atoms with E-state index < -0.39 is 5.79 Å². The van der Waals surface area contributed by atoms with Gasteiger partial charge in [0.1, 0.15) is 12.2 Å². The molecule has 1 saturated heterocycles. The molecule has 1 aromatic carbocycles. The highest BCUT2D eigenvalue weighted by Crippen LogP contribution is 2.46. The monoisotopic (exact) mass is 263 g/mol. The number of nitrogens with two attached hydrogens (primary N) is 1. The molecular formula is C15H21NO3. The fourth-order valence-corrected chi connectivity index (χ4v) is 3.17. The van der Waals surface area contributed by atoms with Gasteiger partial charge in [0.25, 0.3) is 0 Å². The van der Waals surface area contributed by atoms with Crippen LogP contribution in [0, 0.1) is 0 Å². The zero-order valence-corrected chi connectivity index (χ0v) is 11.0. The molecule has 2 atom stereocenters. The summed E-state index contributed by atoms with van der Waals surface area (Å²) in [5, 5.41) is 9.56. The predicted octanol–water partition coefficient (Wildman–Crippen LogP) is 2.38. The molecule has 3 rings (SSSR count). The minimum Gasteiger partial charge on any atom is -0.398 e. The summed E-state index contributed by atoms with van der Waals surface area (Å²) in [4.78, 5) is 0. The highest BCUT2D eigenvalue weighted by molar-refractivity contribution is 5.48. The molecule has 4 nitrogen and oxygen atoms in total. The largest absolute Gasteiger partial charge is 0.398 e. The quantitative estimate of drug-likeness (QED) is 0.804. The molecule has 1 aliphatic carbocycles. The number of hydrogen-bond donors (Lipinski definition) is 2. The molecule has 104 valence electrons. The molecule has 0 aromatic heterocycles. The standard InChI is InChI=1S/C15H21NO3/c16-12-7-3-2-6-11(12)14-13(10-17)18-15(19-14)8-4-1-5-9-15/h2-3,6-7,13-14,17H,1,4-5,8-10,16H2/t13-,14-/m0/s1. The number of benzene rings is 1. The van der Waals surface area contributed by atoms with E-state index >= 15 is 0 Å². The molecule has 1 spiro atoms. The van der Waals surface area contributed by atoms with Crippen molar-refractivity contribution in [3.8, 4) is 0 Å². The van der Waals surface area contributed by atoms with Gasteiger partial charge < -0.3 is 20.3 Å². The molecule has 0 radical (unpaired) electrons. The number of rotatable bonds is 2. The Morgan fingerprint density at radius 1 is 1.16 bits per heavy atom. The van der Waals surface area contributed by atoms with E-state index in [4.69, 9.17) is 15.2 Å². The van der Waals surface area contributed by atoms with Gasteiger partial charge in [-0.25, -0.2) is 0 Å². The van der Waals surface area contributed by atoms with Crippen LogP contribution >= 0.6 is 0 Å². The highest BCUT2D eigenvalue weighted by atomic mass is 16.8. The summed E-state index contributed by atoms with van der Waals surface area (Å²) in [6, 6.07) is 7.65. The SMILES string of the molecule is Nc1ccccc1[C@@H]1OC2(CCCCC2)O[C@H]1CO. The fourth-order valence-electron chi connectivity index (χ4n) is 3.17. The third-order valence-electron chi connectivity index (χ3n) is 4.14. The van der Waals surface area contributed by atoms with Crippen LogP contribution in [0.2, 0.25) is 0 Å². The van der Waals surface area contributed by atoms with Gasteiger partial charge >= 0.3 is 0 Å². The molecule has 1 aliphatic heterocycles. The Kier molecular flexibility index (Phi) is 3.48. The number of nitrogen functional groups attached to an aromatic ring is 1. The van der Waals surface area contributed by atoms with Crippen LogP contribution < -0.4 is 5.73 Å². The molecule has 0 bridgehead atoms. The van der Waals surface area contributed by atoms with Gasteiger partial charge in [-0.2, -0.15) is 0 Å². The second-order valence-electron chi connectivity index (χ2n) is 5.48. The van der Waals surface area contributed by atoms with Crippen molar-refractivity contribution in [1.82, 2.24) is 0 Å². The van der Waals surface area contributed by atoms with Crippen LogP contribution in [0.4, 0.5) is 5.69 Å². The second kappa shape index (κ2) is 5.12. The Balaban J connectivity index is 1.87. The number of aliphatic hydroxyl groups is 1. The van der Waals surface area contributed by atoms with Gasteiger partial charge in [0.05, 0.1) is 6.61 Å². The van der Waals surface area contributed by atoms with Gasteiger partial charge in [0.15, 0.2) is 5.79 Å². The van der Waals surface area contributed by atoms with E-state index in [2.05, 4.69) is 0 Å². The van der Waals surface area contributed by atoms with Crippen molar-refractivity contribution in [3.63, 3.8) is 0 Å². The third kappa shape index (κ3) is 2.36. The molecule has 1 saturated carbocycles. The number of hydrogen-bond acceptors (Lipinski definition) is 4. The molecule has 19 heavy (non-hydrogen) atoms. The van der Waals surface area contributed by atoms with E-state index in [-0.39, 0.29) is 18.8 Å². The van der Waals surface area contributed by atoms with Gasteiger partial charge in [-0.1, -0.05) is 24.6 Å². The Hall–Kier alpha value is -1.10. The van der Waals surface area contributed by atoms with Crippen LogP contribution in [0.5, 0.6) is 0 Å². The topological polar surface area (TPSA) is 64.7 Å². The first-order valence-electron chi connectivity index (χ1n) is 7.05. The summed E-state index contributed by atoms with van der Waals surface area (Å²) < 4.78 is 12.2. The first-order chi connectivity index (χ1) is 9.24. The van der Waals surface area contributed by atoms with Crippen molar-refractivity contribution in [1.29, 1.82) is 0 Å². The van der Waals surface area contributed by atoms with Crippen molar-refractivity contribution in [2.24, 2.45) is 0 Å². The zero-order chi connectivity index (χ0) is 13.3. The first-order valence-corrected chi connectivity index (χ1v) is 7.05. The van der Waals surface area contributed by atoms with Crippen LogP contribution in [-0.4, -0.2) is 23.6 Å². The predicted molar refractivity (Wildman–Crippen MR) is 72.5 cm³/mol. The molecule has 4 heteroatoms. The maximum Gasteiger partial charge on any atom is 0.169 e. The average Bonchev–Trinajstić information content (AvgIpc) is 2.78. The maximum atomic E-state index is 9.56. The van der Waals surface area contributed by atoms with Gasteiger partial charge in [0, 0.05) is 24.1 Å². The Labute approximate surface area is 113 Å². The molecule has 0 unspecified atom stereocenters. The summed E-state index contributed by atoms with van der Waals surface area (Å²) in [6.45, 7) is -0.0409. The number of para-hydroxylation sites is 1. The van der Waals surface area contributed by atoms with Crippen LogP contribution in [0.15, 0.2) is 24.3 Å². The lowest BCUT2D eigenvalue weighted by Crippen LogP contribution is -2.33. The number of anilines is 1. The van der Waals surface area contributed by atoms with Crippen LogP contribution in [-0.2, 0) is 9.47 Å². The minimum atomic E-state index is -0.501. The average molecular weight is 263 g/mol. The van der Waals surface area contributed by atoms with E-state index in [1.165, 1.54) is 6.42 Å². The van der Waals surface area contributed by atoms with Crippen molar-refractivity contribution >= 4 is 5.69 Å². The van der Waals surface area contributed by atoms with Crippen LogP contribution in [0.3, 0.4) is 0 Å². The minimum absolute atomic E-state index is 0.0409. The van der Waals surface area contributed by atoms with E-state index in [1.807, 2.05) is 24.3 Å². The lowest BCUT2D eigenvalue weighted by atomic mass is 9.94. The van der Waals surface area contributed by atoms with E-state index in [9.17, 15) is 5.11 Å². The van der Waals surface area contributed by atoms with Gasteiger partial charge in [-0.3, -0.25) is 0 Å². The summed E-state index contributed by atoms with van der Waals surface area (Å²) in [5.74, 6) is -0.501. The van der Waals surface area contributed by atoms with Crippen molar-refractivity contribution < 1.29 is 14.6 Å². The summed E-state index contributed by atoms with van der Waals surface area (Å²) >= 11 is 0. The lowest BCUT2D eigenvalue weighted by Gasteiger charge is -2.32. The lowest BCUT2D eigenvalue weighted by molar-refractivity contribution is -0.196. The maximum absolute atomic E-state index is 9.56. The molecule has 1 aromatic rings. The van der Waals surface area contributed by atoms with Crippen LogP contribution in [0.1, 0.15) is 43.8 Å². The van der Waals surface area contributed by atoms with Crippen molar-refractivity contribution in [2.75, 3.05) is 12.3 Å². The zero-order valence-electron chi connectivity index (χ0n) is 11.0. The Morgan fingerprint density at radius 2 is 1.89 bits per heavy atom. The molecule has 2 fully saturated rings. The van der Waals surface area contributed by atoms with Gasteiger partial charge in [-0.05, 0) is 18.9 Å². The second-order valence-corrected chi connectivity index (χ2v) is 5.48. The Morgan fingerprint density at radius 3 is 2.58 bits per heavy atom. The van der Waals surface area contributed by atoms with Gasteiger partial charge in [0.2, 0.25) is 0 Å². The molecule has 2 aliphatic rings. The Bertz CT molecular complexity index is 443. The van der Waals surface area contributed by atoms with E-state index in [1.54, 1.807) is 0 Å². The van der Waals surface area contributed by atoms with E-state index in [0.29, 0.717) is 5.69 Å². The number of ether oxygens (including phenoxy) is 2. The molecule has 0 amide bonds. The summed E-state index contributed by atoms with van der Waals surface area (Å²) in [6.07, 6.45) is 4.72. The first kappa shape index (κ1) is 12.9. The normalized spacial score (nSPS) is 29.7. The molecule has 3 N–H and O–H groups in total. The highest BCUT2D eigenvalue weighted by Gasteiger charge is 2.48. The van der Waals surface area contributed by atoms with E-state index in [0.717, 1.165) is 31.2 Å². The number of aliphatic hydroxyl groups excluding tert-OH is 1. The molecule has 1 heterocycles. The third-order valence-corrected chi connectivity index (χ3v) is 4.14. The summed E-state index contributed by atoms with van der Waals surface area (Å²) in [5.41, 5.74) is 7.64. The van der Waals surface area contributed by atoms with Crippen LogP contribution in [0.25, 0.3) is 0 Å². The van der Waals surface area contributed by atoms with Crippen molar-refractivity contribution in [3.05, 3.63) is 29.8 Å². The fraction of sp³-hybridized carbons (Fsp3) is 0.600. The smallest absolute Gasteiger partial charge is 0.169 e. The van der Waals surface area contributed by atoms with Crippen molar-refractivity contribution in [2.45, 2.75) is 50.1 Å². The van der Waals surface area contributed by atoms with Gasteiger partial charge in [-0.15, -0.1) is 0 Å².